The van der Waals surface area contributed by atoms with E-state index in [4.69, 9.17) is 4.74 Å². The molecule has 2 unspecified atom stereocenters. The maximum Gasteiger partial charge on any atom is 0.158 e. The molecule has 1 aliphatic carbocycles. The van der Waals surface area contributed by atoms with Crippen molar-refractivity contribution < 1.29 is 4.74 Å². The molecule has 1 aromatic heterocycles. The van der Waals surface area contributed by atoms with Crippen LogP contribution in [0.15, 0.2) is 6.07 Å². The van der Waals surface area contributed by atoms with E-state index in [1.165, 1.54) is 19.3 Å². The predicted octanol–water partition coefficient (Wildman–Crippen LogP) is 2.66. The van der Waals surface area contributed by atoms with E-state index in [1.54, 1.807) is 0 Å². The van der Waals surface area contributed by atoms with Crippen molar-refractivity contribution in [2.75, 3.05) is 24.3 Å². The molecule has 0 aromatic carbocycles. The number of ether oxygens (including phenoxy) is 1. The molecular weight excluding hydrogens is 240 g/mol. The third-order valence-electron chi connectivity index (χ3n) is 3.38. The summed E-state index contributed by atoms with van der Waals surface area (Å²) in [6.45, 7) is 5.35. The fourth-order valence-electron chi connectivity index (χ4n) is 2.26. The topological polar surface area (TPSA) is 59.1 Å². The van der Waals surface area contributed by atoms with Gasteiger partial charge in [0.2, 0.25) is 0 Å². The van der Waals surface area contributed by atoms with E-state index in [1.807, 2.05) is 20.0 Å². The highest BCUT2D eigenvalue weighted by Crippen LogP contribution is 2.37. The van der Waals surface area contributed by atoms with Crippen LogP contribution in [0.25, 0.3) is 0 Å². The fraction of sp³-hybridized carbons (Fsp3) is 0.714. The number of nitrogens with zero attached hydrogens (tertiary/aromatic N) is 2. The predicted molar refractivity (Wildman–Crippen MR) is 77.3 cm³/mol. The lowest BCUT2D eigenvalue weighted by Crippen LogP contribution is -2.10. The largest absolute Gasteiger partial charge is 0.374 e. The first-order valence-corrected chi connectivity index (χ1v) is 7.16. The average Bonchev–Trinajstić information content (AvgIpc) is 3.14. The standard InChI is InChI=1S/C14H24N4O/c1-4-6-10-7-11(10)16-13-8-12(15-3)17-14(18-13)9-19-5-2/h8,10-11H,4-7,9H2,1-3H3,(H2,15,16,17,18). The van der Waals surface area contributed by atoms with Crippen molar-refractivity contribution in [3.63, 3.8) is 0 Å². The first kappa shape index (κ1) is 14.1. The Bertz CT molecular complexity index is 410. The van der Waals surface area contributed by atoms with Gasteiger partial charge in [-0.1, -0.05) is 13.3 Å². The van der Waals surface area contributed by atoms with Gasteiger partial charge in [0, 0.05) is 25.8 Å². The first-order chi connectivity index (χ1) is 9.26. The molecule has 2 rings (SSSR count). The molecule has 1 aromatic rings. The Morgan fingerprint density at radius 3 is 2.79 bits per heavy atom. The fourth-order valence-corrected chi connectivity index (χ4v) is 2.26. The molecule has 1 aliphatic rings. The van der Waals surface area contributed by atoms with Crippen molar-refractivity contribution in [3.8, 4) is 0 Å². The summed E-state index contributed by atoms with van der Waals surface area (Å²) in [7, 11) is 1.87. The van der Waals surface area contributed by atoms with Crippen LogP contribution in [0.2, 0.25) is 0 Å². The minimum atomic E-state index is 0.462. The molecule has 0 amide bonds. The summed E-state index contributed by atoms with van der Waals surface area (Å²) in [6, 6.07) is 2.54. The summed E-state index contributed by atoms with van der Waals surface area (Å²) in [4.78, 5) is 8.89. The SMILES string of the molecule is CCCC1CC1Nc1cc(NC)nc(COCC)n1. The third kappa shape index (κ3) is 4.06. The molecule has 1 saturated carbocycles. The van der Waals surface area contributed by atoms with Gasteiger partial charge in [0.1, 0.15) is 18.2 Å². The number of anilines is 2. The van der Waals surface area contributed by atoms with Crippen molar-refractivity contribution >= 4 is 11.6 Å². The molecule has 1 heterocycles. The van der Waals surface area contributed by atoms with Crippen LogP contribution in [0.1, 0.15) is 38.9 Å². The van der Waals surface area contributed by atoms with Gasteiger partial charge in [0.05, 0.1) is 0 Å². The molecule has 19 heavy (non-hydrogen) atoms. The second kappa shape index (κ2) is 6.70. The van der Waals surface area contributed by atoms with E-state index >= 15 is 0 Å². The van der Waals surface area contributed by atoms with Crippen molar-refractivity contribution in [3.05, 3.63) is 11.9 Å². The van der Waals surface area contributed by atoms with Crippen LogP contribution in [0.3, 0.4) is 0 Å². The highest BCUT2D eigenvalue weighted by Gasteiger charge is 2.36. The molecule has 1 fully saturated rings. The highest BCUT2D eigenvalue weighted by atomic mass is 16.5. The smallest absolute Gasteiger partial charge is 0.158 e. The highest BCUT2D eigenvalue weighted by molar-refractivity contribution is 5.48. The average molecular weight is 264 g/mol. The van der Waals surface area contributed by atoms with Crippen LogP contribution >= 0.6 is 0 Å². The molecule has 2 N–H and O–H groups in total. The number of hydrogen-bond acceptors (Lipinski definition) is 5. The molecule has 106 valence electrons. The van der Waals surface area contributed by atoms with Crippen LogP contribution in [-0.2, 0) is 11.3 Å². The summed E-state index contributed by atoms with van der Waals surface area (Å²) in [5, 5.41) is 6.56. The second-order valence-corrected chi connectivity index (χ2v) is 4.98. The second-order valence-electron chi connectivity index (χ2n) is 4.98. The quantitative estimate of drug-likeness (QED) is 0.756. The molecule has 0 aliphatic heterocycles. The Kier molecular flexibility index (Phi) is 4.96. The Balaban J connectivity index is 1.99. The van der Waals surface area contributed by atoms with Gasteiger partial charge in [0.15, 0.2) is 5.82 Å². The van der Waals surface area contributed by atoms with Crippen molar-refractivity contribution in [2.24, 2.45) is 5.92 Å². The Hall–Kier alpha value is -1.36. The number of rotatable bonds is 8. The molecule has 2 atom stereocenters. The van der Waals surface area contributed by atoms with Gasteiger partial charge in [-0.05, 0) is 25.7 Å². The van der Waals surface area contributed by atoms with E-state index in [9.17, 15) is 0 Å². The van der Waals surface area contributed by atoms with Gasteiger partial charge >= 0.3 is 0 Å². The molecular formula is C14H24N4O. The van der Waals surface area contributed by atoms with Crippen LogP contribution < -0.4 is 10.6 Å². The van der Waals surface area contributed by atoms with Gasteiger partial charge < -0.3 is 15.4 Å². The zero-order chi connectivity index (χ0) is 13.7. The molecule has 0 radical (unpaired) electrons. The first-order valence-electron chi connectivity index (χ1n) is 7.16. The normalized spacial score (nSPS) is 21.2. The maximum atomic E-state index is 5.37. The van der Waals surface area contributed by atoms with E-state index < -0.39 is 0 Å². The number of hydrogen-bond donors (Lipinski definition) is 2. The summed E-state index contributed by atoms with van der Waals surface area (Å²) < 4.78 is 5.37. The lowest BCUT2D eigenvalue weighted by molar-refractivity contribution is 0.128. The Morgan fingerprint density at radius 2 is 2.11 bits per heavy atom. The van der Waals surface area contributed by atoms with Crippen LogP contribution in [0.5, 0.6) is 0 Å². The summed E-state index contributed by atoms with van der Waals surface area (Å²) in [5.74, 6) is 3.27. The van der Waals surface area contributed by atoms with Crippen LogP contribution in [0, 0.1) is 5.92 Å². The van der Waals surface area contributed by atoms with Crippen LogP contribution in [-0.4, -0.2) is 29.7 Å². The molecule has 5 heteroatoms. The zero-order valence-corrected chi connectivity index (χ0v) is 12.1. The molecule has 0 bridgehead atoms. The van der Waals surface area contributed by atoms with Gasteiger partial charge in [0.25, 0.3) is 0 Å². The lowest BCUT2D eigenvalue weighted by atomic mass is 10.2. The van der Waals surface area contributed by atoms with Crippen molar-refractivity contribution in [1.29, 1.82) is 0 Å². The van der Waals surface area contributed by atoms with Gasteiger partial charge in [-0.25, -0.2) is 9.97 Å². The van der Waals surface area contributed by atoms with Crippen LogP contribution in [0.4, 0.5) is 11.6 Å². The minimum absolute atomic E-state index is 0.462. The third-order valence-corrected chi connectivity index (χ3v) is 3.38. The van der Waals surface area contributed by atoms with E-state index in [2.05, 4.69) is 27.5 Å². The Labute approximate surface area is 115 Å². The lowest BCUT2D eigenvalue weighted by Gasteiger charge is -2.09. The van der Waals surface area contributed by atoms with Crippen molar-refractivity contribution in [2.45, 2.75) is 45.8 Å². The van der Waals surface area contributed by atoms with Gasteiger partial charge in [-0.2, -0.15) is 0 Å². The van der Waals surface area contributed by atoms with E-state index in [-0.39, 0.29) is 0 Å². The van der Waals surface area contributed by atoms with E-state index in [0.29, 0.717) is 19.3 Å². The monoisotopic (exact) mass is 264 g/mol. The molecule has 5 nitrogen and oxygen atoms in total. The van der Waals surface area contributed by atoms with E-state index in [0.717, 1.165) is 23.4 Å². The summed E-state index contributed by atoms with van der Waals surface area (Å²) in [5.41, 5.74) is 0. The van der Waals surface area contributed by atoms with Gasteiger partial charge in [-0.15, -0.1) is 0 Å². The summed E-state index contributed by atoms with van der Waals surface area (Å²) >= 11 is 0. The minimum Gasteiger partial charge on any atom is -0.374 e. The summed E-state index contributed by atoms with van der Waals surface area (Å²) in [6.07, 6.45) is 3.81. The van der Waals surface area contributed by atoms with Crippen molar-refractivity contribution in [1.82, 2.24) is 9.97 Å². The number of nitrogens with one attached hydrogen (secondary N) is 2. The number of aromatic nitrogens is 2. The van der Waals surface area contributed by atoms with Gasteiger partial charge in [-0.3, -0.25) is 0 Å². The zero-order valence-electron chi connectivity index (χ0n) is 12.1. The maximum absolute atomic E-state index is 5.37. The molecule has 0 spiro atoms. The molecule has 0 saturated heterocycles. The Morgan fingerprint density at radius 1 is 1.32 bits per heavy atom.